The molecule has 2 amide bonds. The maximum absolute atomic E-state index is 10.4. The Balaban J connectivity index is -0.000000287. The summed E-state index contributed by atoms with van der Waals surface area (Å²) in [5, 5.41) is 0. The molecule has 0 unspecified atom stereocenters. The molecule has 0 saturated heterocycles. The van der Waals surface area contributed by atoms with Crippen LogP contribution in [0.5, 0.6) is 0 Å². The van der Waals surface area contributed by atoms with E-state index in [2.05, 4.69) is 9.97 Å². The van der Waals surface area contributed by atoms with E-state index in [4.69, 9.17) is 33.6 Å². The largest absolute Gasteiger partial charge is 2.00 e. The molecule has 2 heterocycles. The van der Waals surface area contributed by atoms with Crippen LogP contribution in [0.1, 0.15) is 21.0 Å². The molecular weight excluding hydrogens is 375 g/mol. The number of rotatable bonds is 2. The third-order valence-electron chi connectivity index (χ3n) is 1.83. The molecule has 0 spiro atoms. The number of amides is 2. The molecule has 2 aromatic rings. The number of nitrogens with two attached hydrogens (primary N) is 2. The van der Waals surface area contributed by atoms with Gasteiger partial charge in [0.15, 0.2) is 0 Å². The van der Waals surface area contributed by atoms with Crippen molar-refractivity contribution in [3.8, 4) is 0 Å². The molecule has 0 bridgehead atoms. The Morgan fingerprint density at radius 3 is 1.16 bits per heavy atom. The fraction of sp³-hybridized carbons (Fsp3) is 0. The van der Waals surface area contributed by atoms with Crippen molar-refractivity contribution < 1.29 is 26.1 Å². The zero-order valence-electron chi connectivity index (χ0n) is 12.5. The second-order valence-corrected chi connectivity index (χ2v) is 3.34. The van der Waals surface area contributed by atoms with E-state index in [0.717, 1.165) is 0 Å². The summed E-state index contributed by atoms with van der Waals surface area (Å²) in [4.78, 5) is 31.1. The van der Waals surface area contributed by atoms with Crippen LogP contribution in [0.3, 0.4) is 0 Å². The van der Waals surface area contributed by atoms with Crippen LogP contribution in [0, 0.1) is 0 Å². The van der Waals surface area contributed by atoms with Crippen LogP contribution in [0.15, 0.2) is 48.8 Å². The van der Waals surface area contributed by atoms with E-state index in [0.29, 0.717) is 11.4 Å². The SMILES string of the molecule is NC(=O)c1ccccn1.NC(=O)c1ccccn1.[N-]=[N+]=[N-].[N-]=[N+]=[N-].[Ni+2]. The standard InChI is InChI=1S/2C6H6N2O.2N3.Ni/c2*7-6(9)5-3-1-2-4-8-5;2*1-3-2;/h2*1-4H,(H2,7,9);;;/q;;2*-1;+2. The van der Waals surface area contributed by atoms with Gasteiger partial charge in [-0.2, -0.15) is 0 Å². The number of aromatic nitrogens is 2. The number of hydrogen-bond acceptors (Lipinski definition) is 4. The molecule has 4 N–H and O–H groups in total. The van der Waals surface area contributed by atoms with Gasteiger partial charge < -0.3 is 33.6 Å². The van der Waals surface area contributed by atoms with Crippen LogP contribution in [-0.4, -0.2) is 21.8 Å². The van der Waals surface area contributed by atoms with Crippen LogP contribution in [-0.2, 0) is 16.5 Å². The minimum Gasteiger partial charge on any atom is -0.373 e. The minimum atomic E-state index is -0.490. The Labute approximate surface area is 152 Å². The van der Waals surface area contributed by atoms with Gasteiger partial charge in [-0.1, -0.05) is 12.1 Å². The molecule has 13 heteroatoms. The number of pyridine rings is 2. The molecule has 0 atom stereocenters. The third kappa shape index (κ3) is 16.6. The van der Waals surface area contributed by atoms with E-state index < -0.39 is 11.8 Å². The van der Waals surface area contributed by atoms with Crippen molar-refractivity contribution >= 4 is 11.8 Å². The summed E-state index contributed by atoms with van der Waals surface area (Å²) >= 11 is 0. The Morgan fingerprint density at radius 2 is 1.04 bits per heavy atom. The third-order valence-corrected chi connectivity index (χ3v) is 1.83. The first-order chi connectivity index (χ1) is 11.4. The summed E-state index contributed by atoms with van der Waals surface area (Å²) in [6, 6.07) is 10.0. The van der Waals surface area contributed by atoms with E-state index in [-0.39, 0.29) is 16.5 Å². The molecule has 0 fully saturated rings. The Morgan fingerprint density at radius 1 is 0.760 bits per heavy atom. The van der Waals surface area contributed by atoms with Gasteiger partial charge in [0, 0.05) is 12.4 Å². The topological polar surface area (TPSA) is 229 Å². The van der Waals surface area contributed by atoms with Gasteiger partial charge in [-0.25, -0.2) is 0 Å². The summed E-state index contributed by atoms with van der Waals surface area (Å²) in [5.41, 5.74) is 37.4. The molecule has 12 nitrogen and oxygen atoms in total. The maximum Gasteiger partial charge on any atom is 2.00 e. The Hall–Kier alpha value is -3.65. The van der Waals surface area contributed by atoms with Crippen LogP contribution in [0.25, 0.3) is 31.9 Å². The maximum atomic E-state index is 10.4. The predicted molar refractivity (Wildman–Crippen MR) is 85.7 cm³/mol. The van der Waals surface area contributed by atoms with Gasteiger partial charge >= 0.3 is 16.5 Å². The summed E-state index contributed by atoms with van der Waals surface area (Å²) in [6.07, 6.45) is 3.06. The molecule has 0 aliphatic rings. The number of hydrogen-bond donors (Lipinski definition) is 2. The fourth-order valence-corrected chi connectivity index (χ4v) is 1.02. The first-order valence-corrected chi connectivity index (χ1v) is 5.83. The monoisotopic (exact) mass is 386 g/mol. The van der Waals surface area contributed by atoms with Crippen molar-refractivity contribution in [1.82, 2.24) is 9.97 Å². The number of nitrogens with zero attached hydrogens (tertiary/aromatic N) is 8. The van der Waals surface area contributed by atoms with E-state index >= 15 is 0 Å². The molecule has 0 aromatic carbocycles. The van der Waals surface area contributed by atoms with Crippen molar-refractivity contribution in [2.45, 2.75) is 0 Å². The molecule has 2 aromatic heterocycles. The van der Waals surface area contributed by atoms with Crippen molar-refractivity contribution in [3.63, 3.8) is 0 Å². The van der Waals surface area contributed by atoms with E-state index in [1.54, 1.807) is 36.4 Å². The van der Waals surface area contributed by atoms with Gasteiger partial charge in [-0.05, 0) is 24.3 Å². The van der Waals surface area contributed by atoms with Crippen LogP contribution >= 0.6 is 0 Å². The summed E-state index contributed by atoms with van der Waals surface area (Å²) in [5.74, 6) is -0.980. The van der Waals surface area contributed by atoms with Gasteiger partial charge in [-0.15, -0.1) is 0 Å². The summed E-state index contributed by atoms with van der Waals surface area (Å²) < 4.78 is 0. The molecule has 0 saturated carbocycles. The van der Waals surface area contributed by atoms with Crippen molar-refractivity contribution in [2.24, 2.45) is 11.5 Å². The van der Waals surface area contributed by atoms with Gasteiger partial charge in [0.1, 0.15) is 11.4 Å². The summed E-state index contributed by atoms with van der Waals surface area (Å²) in [6.45, 7) is 0. The smallest absolute Gasteiger partial charge is 0.373 e. The number of carbonyl (C=O) groups is 2. The van der Waals surface area contributed by atoms with Gasteiger partial charge in [0.25, 0.3) is 11.8 Å². The molecule has 0 aliphatic heterocycles. The first-order valence-electron chi connectivity index (χ1n) is 5.83. The van der Waals surface area contributed by atoms with Crippen LogP contribution in [0.4, 0.5) is 0 Å². The zero-order chi connectivity index (χ0) is 18.8. The second-order valence-electron chi connectivity index (χ2n) is 3.34. The number of primary amides is 2. The number of carbonyl (C=O) groups excluding carboxylic acids is 2. The van der Waals surface area contributed by atoms with Gasteiger partial charge in [0.2, 0.25) is 0 Å². The minimum absolute atomic E-state index is 0. The van der Waals surface area contributed by atoms with Crippen molar-refractivity contribution in [1.29, 1.82) is 0 Å². The van der Waals surface area contributed by atoms with E-state index in [9.17, 15) is 9.59 Å². The predicted octanol–water partition coefficient (Wildman–Crippen LogP) is 2.09. The van der Waals surface area contributed by atoms with Crippen molar-refractivity contribution in [3.05, 3.63) is 92.1 Å². The quantitative estimate of drug-likeness (QED) is 0.341. The molecule has 0 radical (unpaired) electrons. The molecular formula is C12H12N10NiO2. The van der Waals surface area contributed by atoms with Gasteiger partial charge in [-0.3, -0.25) is 29.4 Å². The van der Waals surface area contributed by atoms with E-state index in [1.807, 2.05) is 0 Å². The zero-order valence-corrected chi connectivity index (χ0v) is 13.5. The molecule has 0 aliphatic carbocycles. The molecule has 2 rings (SSSR count). The molecule has 25 heavy (non-hydrogen) atoms. The van der Waals surface area contributed by atoms with Crippen LogP contribution < -0.4 is 11.5 Å². The fourth-order valence-electron chi connectivity index (χ4n) is 1.02. The average Bonchev–Trinajstić information content (AvgIpc) is 2.58. The molecule has 132 valence electrons. The average molecular weight is 387 g/mol. The Bertz CT molecular complexity index is 622. The van der Waals surface area contributed by atoms with Crippen molar-refractivity contribution in [2.75, 3.05) is 0 Å². The summed E-state index contributed by atoms with van der Waals surface area (Å²) in [7, 11) is 0. The van der Waals surface area contributed by atoms with Crippen LogP contribution in [0.2, 0.25) is 0 Å². The first kappa shape index (κ1) is 26.3. The van der Waals surface area contributed by atoms with E-state index in [1.165, 1.54) is 22.2 Å². The van der Waals surface area contributed by atoms with Gasteiger partial charge in [0.05, 0.1) is 0 Å². The normalized spacial score (nSPS) is 7.04. The Kier molecular flexibility index (Phi) is 19.3. The second kappa shape index (κ2) is 18.4.